The number of aliphatic hydroxyl groups excluding tert-OH is 2. The van der Waals surface area contributed by atoms with E-state index >= 15 is 0 Å². The molecule has 3 rings (SSSR count). The molecular weight excluding hydrogens is 412 g/mol. The summed E-state index contributed by atoms with van der Waals surface area (Å²) in [5.74, 6) is -0.353. The first-order chi connectivity index (χ1) is 15.6. The highest BCUT2D eigenvalue weighted by Crippen LogP contribution is 2.39. The molecule has 0 heterocycles. The van der Waals surface area contributed by atoms with Crippen LogP contribution >= 0.6 is 0 Å². The Morgan fingerprint density at radius 1 is 0.750 bits per heavy atom. The lowest BCUT2D eigenvalue weighted by atomic mass is 10.1. The van der Waals surface area contributed by atoms with Gasteiger partial charge in [0.05, 0.1) is 24.6 Å². The highest BCUT2D eigenvalue weighted by molar-refractivity contribution is 6.13. The molecule has 8 heteroatoms. The number of amides is 2. The number of aliphatic hydroxyl groups is 2. The van der Waals surface area contributed by atoms with Crippen molar-refractivity contribution < 1.29 is 29.3 Å². The van der Waals surface area contributed by atoms with Gasteiger partial charge in [-0.3, -0.25) is 14.5 Å². The minimum Gasteiger partial charge on any atom is -0.489 e. The van der Waals surface area contributed by atoms with Gasteiger partial charge in [-0.25, -0.2) is 0 Å². The predicted molar refractivity (Wildman–Crippen MR) is 119 cm³/mol. The number of carbonyl (C=O) groups is 2. The predicted octanol–water partition coefficient (Wildman–Crippen LogP) is 2.51. The van der Waals surface area contributed by atoms with Gasteiger partial charge in [0.1, 0.15) is 24.7 Å². The molecule has 2 amide bonds. The molecule has 0 saturated carbocycles. The standard InChI is InChI=1S/C24H24N2O6/c25-23(29)17-6-5-7-18(16-17)24(30)26(19-8-1-3-10-21(19)31-14-12-27)20-9-2-4-11-22(20)32-15-13-28/h1-11,16,27-28H,12-15H2,(H2,25,29). The zero-order valence-electron chi connectivity index (χ0n) is 17.3. The summed E-state index contributed by atoms with van der Waals surface area (Å²) in [6.07, 6.45) is 0. The highest BCUT2D eigenvalue weighted by atomic mass is 16.5. The molecule has 0 aliphatic carbocycles. The van der Waals surface area contributed by atoms with Gasteiger partial charge in [0.25, 0.3) is 5.91 Å². The Morgan fingerprint density at radius 2 is 1.25 bits per heavy atom. The molecule has 4 N–H and O–H groups in total. The van der Waals surface area contributed by atoms with Crippen molar-refractivity contribution in [2.45, 2.75) is 0 Å². The zero-order chi connectivity index (χ0) is 22.9. The van der Waals surface area contributed by atoms with Gasteiger partial charge in [0.2, 0.25) is 5.91 Å². The first-order valence-corrected chi connectivity index (χ1v) is 9.96. The van der Waals surface area contributed by atoms with Crippen LogP contribution < -0.4 is 20.1 Å². The molecule has 32 heavy (non-hydrogen) atoms. The largest absolute Gasteiger partial charge is 0.489 e. The molecule has 0 fully saturated rings. The van der Waals surface area contributed by atoms with Crippen LogP contribution in [0.5, 0.6) is 11.5 Å². The van der Waals surface area contributed by atoms with Gasteiger partial charge < -0.3 is 25.4 Å². The van der Waals surface area contributed by atoms with E-state index in [2.05, 4.69) is 0 Å². The van der Waals surface area contributed by atoms with E-state index in [1.54, 1.807) is 60.7 Å². The van der Waals surface area contributed by atoms with E-state index in [1.165, 1.54) is 17.0 Å². The van der Waals surface area contributed by atoms with Crippen LogP contribution in [0.3, 0.4) is 0 Å². The van der Waals surface area contributed by atoms with Gasteiger partial charge in [-0.05, 0) is 42.5 Å². The van der Waals surface area contributed by atoms with E-state index in [-0.39, 0.29) is 37.6 Å². The highest BCUT2D eigenvalue weighted by Gasteiger charge is 2.26. The lowest BCUT2D eigenvalue weighted by molar-refractivity contribution is 0.0997. The van der Waals surface area contributed by atoms with Crippen LogP contribution in [0.25, 0.3) is 0 Å². The molecule has 0 radical (unpaired) electrons. The van der Waals surface area contributed by atoms with Crippen molar-refractivity contribution in [2.24, 2.45) is 5.73 Å². The number of anilines is 2. The molecule has 0 unspecified atom stereocenters. The van der Waals surface area contributed by atoms with Crippen LogP contribution in [-0.4, -0.2) is 48.5 Å². The number of para-hydroxylation sites is 4. The molecule has 0 spiro atoms. The molecule has 0 aliphatic heterocycles. The Morgan fingerprint density at radius 3 is 1.75 bits per heavy atom. The Balaban J connectivity index is 2.17. The average molecular weight is 436 g/mol. The lowest BCUT2D eigenvalue weighted by Crippen LogP contribution is -2.27. The summed E-state index contributed by atoms with van der Waals surface area (Å²) in [7, 11) is 0. The van der Waals surface area contributed by atoms with Crippen LogP contribution in [-0.2, 0) is 0 Å². The smallest absolute Gasteiger partial charge is 0.263 e. The van der Waals surface area contributed by atoms with Gasteiger partial charge in [0, 0.05) is 11.1 Å². The summed E-state index contributed by atoms with van der Waals surface area (Å²) in [6.45, 7) is -0.310. The summed E-state index contributed by atoms with van der Waals surface area (Å²) >= 11 is 0. The van der Waals surface area contributed by atoms with Crippen molar-refractivity contribution in [1.29, 1.82) is 0 Å². The second kappa shape index (κ2) is 10.9. The number of benzene rings is 3. The molecule has 3 aromatic carbocycles. The van der Waals surface area contributed by atoms with Crippen molar-refractivity contribution in [1.82, 2.24) is 0 Å². The van der Waals surface area contributed by atoms with E-state index in [1.807, 2.05) is 0 Å². The lowest BCUT2D eigenvalue weighted by Gasteiger charge is -2.27. The fraction of sp³-hybridized carbons (Fsp3) is 0.167. The molecule has 0 aliphatic rings. The molecule has 0 atom stereocenters. The van der Waals surface area contributed by atoms with Gasteiger partial charge >= 0.3 is 0 Å². The van der Waals surface area contributed by atoms with Crippen molar-refractivity contribution in [3.63, 3.8) is 0 Å². The maximum Gasteiger partial charge on any atom is 0.263 e. The number of nitrogens with zero attached hydrogens (tertiary/aromatic N) is 1. The van der Waals surface area contributed by atoms with E-state index in [0.717, 1.165) is 0 Å². The van der Waals surface area contributed by atoms with Gasteiger partial charge in [-0.15, -0.1) is 0 Å². The maximum atomic E-state index is 13.7. The third-order valence-corrected chi connectivity index (χ3v) is 4.51. The number of rotatable bonds is 10. The maximum absolute atomic E-state index is 13.7. The number of hydrogen-bond acceptors (Lipinski definition) is 6. The fourth-order valence-electron chi connectivity index (χ4n) is 3.12. The van der Waals surface area contributed by atoms with Gasteiger partial charge in [0.15, 0.2) is 0 Å². The third-order valence-electron chi connectivity index (χ3n) is 4.51. The van der Waals surface area contributed by atoms with Crippen molar-refractivity contribution in [3.8, 4) is 11.5 Å². The first kappa shape index (κ1) is 22.8. The molecule has 0 aromatic heterocycles. The number of primary amides is 1. The third kappa shape index (κ3) is 5.23. The molecule has 8 nitrogen and oxygen atoms in total. The molecule has 3 aromatic rings. The summed E-state index contributed by atoms with van der Waals surface area (Å²) in [6, 6.07) is 19.9. The van der Waals surface area contributed by atoms with Crippen LogP contribution in [0.1, 0.15) is 20.7 Å². The van der Waals surface area contributed by atoms with Gasteiger partial charge in [-0.1, -0.05) is 30.3 Å². The van der Waals surface area contributed by atoms with E-state index in [9.17, 15) is 19.8 Å². The topological polar surface area (TPSA) is 122 Å². The number of carbonyl (C=O) groups excluding carboxylic acids is 2. The number of ether oxygens (including phenoxy) is 2. The van der Waals surface area contributed by atoms with E-state index in [0.29, 0.717) is 22.9 Å². The summed E-state index contributed by atoms with van der Waals surface area (Å²) < 4.78 is 11.3. The quantitative estimate of drug-likeness (QED) is 0.449. The SMILES string of the molecule is NC(=O)c1cccc(C(=O)N(c2ccccc2OCCO)c2ccccc2OCCO)c1. The van der Waals surface area contributed by atoms with Crippen LogP contribution in [0.15, 0.2) is 72.8 Å². The van der Waals surface area contributed by atoms with E-state index in [4.69, 9.17) is 15.2 Å². The zero-order valence-corrected chi connectivity index (χ0v) is 17.3. The Labute approximate surface area is 185 Å². The fourth-order valence-corrected chi connectivity index (χ4v) is 3.12. The Hall–Kier alpha value is -3.88. The number of nitrogens with two attached hydrogens (primary N) is 1. The van der Waals surface area contributed by atoms with E-state index < -0.39 is 11.8 Å². The van der Waals surface area contributed by atoms with Crippen molar-refractivity contribution in [3.05, 3.63) is 83.9 Å². The van der Waals surface area contributed by atoms with Crippen LogP contribution in [0, 0.1) is 0 Å². The second-order valence-corrected chi connectivity index (χ2v) is 6.67. The minimum absolute atomic E-state index is 0.0405. The van der Waals surface area contributed by atoms with Crippen molar-refractivity contribution >= 4 is 23.2 Å². The summed E-state index contributed by atoms with van der Waals surface area (Å²) in [5.41, 5.74) is 6.64. The summed E-state index contributed by atoms with van der Waals surface area (Å²) in [5, 5.41) is 18.4. The van der Waals surface area contributed by atoms with Crippen LogP contribution in [0.2, 0.25) is 0 Å². The monoisotopic (exact) mass is 436 g/mol. The van der Waals surface area contributed by atoms with Crippen molar-refractivity contribution in [2.75, 3.05) is 31.3 Å². The normalized spacial score (nSPS) is 10.4. The Kier molecular flexibility index (Phi) is 7.80. The average Bonchev–Trinajstić information content (AvgIpc) is 2.83. The Bertz CT molecular complexity index is 1030. The number of hydrogen-bond donors (Lipinski definition) is 3. The summed E-state index contributed by atoms with van der Waals surface area (Å²) in [4.78, 5) is 26.8. The second-order valence-electron chi connectivity index (χ2n) is 6.67. The van der Waals surface area contributed by atoms with Gasteiger partial charge in [-0.2, -0.15) is 0 Å². The molecule has 0 saturated heterocycles. The molecular formula is C24H24N2O6. The molecule has 166 valence electrons. The minimum atomic E-state index is -0.649. The first-order valence-electron chi connectivity index (χ1n) is 9.96. The van der Waals surface area contributed by atoms with Crippen LogP contribution in [0.4, 0.5) is 11.4 Å². The molecule has 0 bridgehead atoms.